The zero-order valence-corrected chi connectivity index (χ0v) is 16.6. The Labute approximate surface area is 169 Å². The SMILES string of the molecule is CCC(=O)C1=C(c2ccccc2)N(c2ccc(C)cc2)C(O)(CC(=O)OC)C1=O. The fraction of sp³-hybridized carbons (Fsp3) is 0.261. The molecule has 3 rings (SSSR count). The standard InChI is InChI=1S/C23H23NO5/c1-4-18(25)20-21(16-8-6-5-7-9-16)24(17-12-10-15(2)11-13-17)23(28,22(20)27)14-19(26)29-3/h5-13,28H,4,14H2,1-3H3. The van der Waals surface area contributed by atoms with Gasteiger partial charge in [-0.2, -0.15) is 0 Å². The Morgan fingerprint density at radius 2 is 1.69 bits per heavy atom. The lowest BCUT2D eigenvalue weighted by atomic mass is 9.96. The molecule has 29 heavy (non-hydrogen) atoms. The minimum absolute atomic E-state index is 0.0907. The molecule has 0 fully saturated rings. The normalized spacial score (nSPS) is 18.9. The van der Waals surface area contributed by atoms with E-state index < -0.39 is 29.7 Å². The predicted molar refractivity (Wildman–Crippen MR) is 109 cm³/mol. The van der Waals surface area contributed by atoms with Crippen LogP contribution in [0.3, 0.4) is 0 Å². The number of carbonyl (C=O) groups is 3. The van der Waals surface area contributed by atoms with Crippen LogP contribution in [-0.4, -0.2) is 35.5 Å². The maximum atomic E-state index is 13.3. The average Bonchev–Trinajstić information content (AvgIpc) is 2.96. The molecule has 1 aliphatic heterocycles. The number of aryl methyl sites for hydroxylation is 1. The molecule has 0 bridgehead atoms. The Balaban J connectivity index is 2.31. The van der Waals surface area contributed by atoms with Crippen molar-refractivity contribution < 1.29 is 24.2 Å². The third-order valence-corrected chi connectivity index (χ3v) is 4.98. The molecule has 1 heterocycles. The van der Waals surface area contributed by atoms with Crippen LogP contribution in [0.2, 0.25) is 0 Å². The summed E-state index contributed by atoms with van der Waals surface area (Å²) in [7, 11) is 1.19. The molecule has 0 spiro atoms. The number of ketones is 2. The van der Waals surface area contributed by atoms with Crippen LogP contribution in [-0.2, 0) is 19.1 Å². The first-order valence-corrected chi connectivity index (χ1v) is 9.37. The van der Waals surface area contributed by atoms with Crippen LogP contribution in [0.4, 0.5) is 5.69 Å². The number of esters is 1. The number of aliphatic hydroxyl groups is 1. The van der Waals surface area contributed by atoms with E-state index in [1.807, 2.05) is 25.1 Å². The summed E-state index contributed by atoms with van der Waals surface area (Å²) < 4.78 is 4.71. The lowest BCUT2D eigenvalue weighted by Gasteiger charge is -2.35. The molecule has 2 aromatic carbocycles. The molecule has 1 N–H and O–H groups in total. The average molecular weight is 393 g/mol. The fourth-order valence-electron chi connectivity index (χ4n) is 3.48. The second kappa shape index (κ2) is 8.01. The quantitative estimate of drug-likeness (QED) is 0.600. The topological polar surface area (TPSA) is 83.9 Å². The molecule has 0 radical (unpaired) electrons. The zero-order chi connectivity index (χ0) is 21.2. The van der Waals surface area contributed by atoms with Gasteiger partial charge in [-0.25, -0.2) is 0 Å². The number of hydrogen-bond acceptors (Lipinski definition) is 6. The van der Waals surface area contributed by atoms with Crippen molar-refractivity contribution in [3.8, 4) is 0 Å². The summed E-state index contributed by atoms with van der Waals surface area (Å²) in [4.78, 5) is 39.5. The highest BCUT2D eigenvalue weighted by Crippen LogP contribution is 2.44. The summed E-state index contributed by atoms with van der Waals surface area (Å²) in [6.45, 7) is 3.57. The van der Waals surface area contributed by atoms with E-state index in [2.05, 4.69) is 0 Å². The second-order valence-corrected chi connectivity index (χ2v) is 6.94. The summed E-state index contributed by atoms with van der Waals surface area (Å²) in [5.74, 6) is -1.95. The van der Waals surface area contributed by atoms with Gasteiger partial charge in [0.25, 0.3) is 0 Å². The molecule has 150 valence electrons. The molecular weight excluding hydrogens is 370 g/mol. The third kappa shape index (κ3) is 3.59. The van der Waals surface area contributed by atoms with Gasteiger partial charge in [0.15, 0.2) is 5.78 Å². The number of benzene rings is 2. The van der Waals surface area contributed by atoms with E-state index >= 15 is 0 Å². The van der Waals surface area contributed by atoms with E-state index in [1.165, 1.54) is 12.0 Å². The largest absolute Gasteiger partial charge is 0.469 e. The van der Waals surface area contributed by atoms with Crippen LogP contribution in [0.5, 0.6) is 0 Å². The Morgan fingerprint density at radius 1 is 1.07 bits per heavy atom. The number of ether oxygens (including phenoxy) is 1. The van der Waals surface area contributed by atoms with Gasteiger partial charge in [0.05, 0.1) is 18.4 Å². The van der Waals surface area contributed by atoms with E-state index in [0.29, 0.717) is 11.3 Å². The van der Waals surface area contributed by atoms with Gasteiger partial charge >= 0.3 is 5.97 Å². The summed E-state index contributed by atoms with van der Waals surface area (Å²) in [5.41, 5.74) is 0.00891. The number of nitrogens with zero attached hydrogens (tertiary/aromatic N) is 1. The molecule has 1 atom stereocenters. The van der Waals surface area contributed by atoms with Gasteiger partial charge < -0.3 is 14.7 Å². The first-order valence-electron chi connectivity index (χ1n) is 9.37. The number of carbonyl (C=O) groups excluding carboxylic acids is 3. The van der Waals surface area contributed by atoms with Crippen LogP contribution in [0.25, 0.3) is 5.70 Å². The van der Waals surface area contributed by atoms with Crippen LogP contribution in [0, 0.1) is 6.92 Å². The molecule has 6 nitrogen and oxygen atoms in total. The molecule has 0 saturated heterocycles. The van der Waals surface area contributed by atoms with E-state index in [-0.39, 0.29) is 17.7 Å². The maximum absolute atomic E-state index is 13.3. The fourth-order valence-corrected chi connectivity index (χ4v) is 3.48. The number of hydrogen-bond donors (Lipinski definition) is 1. The van der Waals surface area contributed by atoms with Crippen molar-refractivity contribution in [2.45, 2.75) is 32.4 Å². The molecule has 1 unspecified atom stereocenters. The highest BCUT2D eigenvalue weighted by atomic mass is 16.5. The minimum atomic E-state index is -2.26. The molecule has 0 amide bonds. The van der Waals surface area contributed by atoms with Crippen LogP contribution in [0.15, 0.2) is 60.2 Å². The highest BCUT2D eigenvalue weighted by molar-refractivity contribution is 6.33. The Bertz CT molecular complexity index is 978. The third-order valence-electron chi connectivity index (χ3n) is 4.98. The van der Waals surface area contributed by atoms with Gasteiger partial charge in [0, 0.05) is 12.1 Å². The van der Waals surface area contributed by atoms with Crippen molar-refractivity contribution in [1.29, 1.82) is 0 Å². The lowest BCUT2D eigenvalue weighted by molar-refractivity contribution is -0.151. The van der Waals surface area contributed by atoms with Crippen molar-refractivity contribution in [3.63, 3.8) is 0 Å². The zero-order valence-electron chi connectivity index (χ0n) is 16.6. The summed E-state index contributed by atoms with van der Waals surface area (Å²) in [6.07, 6.45) is -0.513. The summed E-state index contributed by atoms with van der Waals surface area (Å²) in [5, 5.41) is 11.5. The van der Waals surface area contributed by atoms with Gasteiger partial charge in [-0.3, -0.25) is 14.4 Å². The Kier molecular flexibility index (Phi) is 5.66. The van der Waals surface area contributed by atoms with Gasteiger partial charge in [-0.1, -0.05) is 55.0 Å². The molecule has 2 aromatic rings. The molecule has 0 aliphatic carbocycles. The van der Waals surface area contributed by atoms with Crippen molar-refractivity contribution in [3.05, 3.63) is 71.3 Å². The van der Waals surface area contributed by atoms with Crippen molar-refractivity contribution >= 4 is 28.9 Å². The van der Waals surface area contributed by atoms with Crippen LogP contribution >= 0.6 is 0 Å². The van der Waals surface area contributed by atoms with Crippen molar-refractivity contribution in [2.24, 2.45) is 0 Å². The van der Waals surface area contributed by atoms with Gasteiger partial charge in [-0.15, -0.1) is 0 Å². The van der Waals surface area contributed by atoms with E-state index in [1.54, 1.807) is 43.3 Å². The second-order valence-electron chi connectivity index (χ2n) is 6.94. The lowest BCUT2D eigenvalue weighted by Crippen LogP contribution is -2.51. The van der Waals surface area contributed by atoms with E-state index in [9.17, 15) is 19.5 Å². The smallest absolute Gasteiger partial charge is 0.310 e. The highest BCUT2D eigenvalue weighted by Gasteiger charge is 2.55. The Morgan fingerprint density at radius 3 is 2.24 bits per heavy atom. The summed E-state index contributed by atoms with van der Waals surface area (Å²) >= 11 is 0. The molecule has 0 saturated carbocycles. The first-order chi connectivity index (χ1) is 13.8. The molecule has 1 aliphatic rings. The number of Topliss-reactive ketones (excluding diaryl/α,β-unsaturated/α-hetero) is 2. The van der Waals surface area contributed by atoms with Crippen LogP contribution < -0.4 is 4.90 Å². The number of methoxy groups -OCH3 is 1. The number of rotatable bonds is 6. The van der Waals surface area contributed by atoms with Gasteiger partial charge in [-0.05, 0) is 24.6 Å². The van der Waals surface area contributed by atoms with E-state index in [0.717, 1.165) is 5.56 Å². The maximum Gasteiger partial charge on any atom is 0.310 e. The van der Waals surface area contributed by atoms with Crippen molar-refractivity contribution in [2.75, 3.05) is 12.0 Å². The minimum Gasteiger partial charge on any atom is -0.469 e. The van der Waals surface area contributed by atoms with Crippen LogP contribution in [0.1, 0.15) is 30.9 Å². The van der Waals surface area contributed by atoms with E-state index in [4.69, 9.17) is 4.74 Å². The summed E-state index contributed by atoms with van der Waals surface area (Å²) in [6, 6.07) is 16.1. The Hall–Kier alpha value is -3.25. The van der Waals surface area contributed by atoms with Gasteiger partial charge in [0.2, 0.25) is 11.5 Å². The molecular formula is C23H23NO5. The predicted octanol–water partition coefficient (Wildman–Crippen LogP) is 3.03. The monoisotopic (exact) mass is 393 g/mol. The molecule has 0 aromatic heterocycles. The first kappa shape index (κ1) is 20.5. The number of anilines is 1. The van der Waals surface area contributed by atoms with Gasteiger partial charge in [0.1, 0.15) is 6.42 Å². The molecule has 6 heteroatoms. The van der Waals surface area contributed by atoms with Crippen molar-refractivity contribution in [1.82, 2.24) is 0 Å².